The Kier molecular flexibility index (Phi) is 4.14. The number of fused-ring (bicyclic) bond motifs is 1. The third-order valence-corrected chi connectivity index (χ3v) is 5.09. The average Bonchev–Trinajstić information content (AvgIpc) is 3.03. The van der Waals surface area contributed by atoms with Crippen LogP contribution in [-0.2, 0) is 20.9 Å². The number of aliphatic hydroxyl groups is 1. The molecule has 0 bridgehead atoms. The fourth-order valence-electron chi connectivity index (χ4n) is 2.67. The summed E-state index contributed by atoms with van der Waals surface area (Å²) in [6.07, 6.45) is 3.48. The first-order valence-electron chi connectivity index (χ1n) is 6.94. The van der Waals surface area contributed by atoms with E-state index in [0.717, 1.165) is 4.90 Å². The third-order valence-electron chi connectivity index (χ3n) is 3.75. The summed E-state index contributed by atoms with van der Waals surface area (Å²) in [6.45, 7) is -0.312. The molecular weight excluding hydrogens is 322 g/mol. The first kappa shape index (κ1) is 15.6. The molecule has 23 heavy (non-hydrogen) atoms. The van der Waals surface area contributed by atoms with E-state index < -0.39 is 29.9 Å². The zero-order valence-electron chi connectivity index (χ0n) is 12.0. The van der Waals surface area contributed by atoms with Crippen LogP contribution in [-0.4, -0.2) is 61.2 Å². The Morgan fingerprint density at radius 2 is 2.04 bits per heavy atom. The van der Waals surface area contributed by atoms with Gasteiger partial charge in [0.2, 0.25) is 5.91 Å². The van der Waals surface area contributed by atoms with Gasteiger partial charge in [0.15, 0.2) is 0 Å². The van der Waals surface area contributed by atoms with Gasteiger partial charge >= 0.3 is 5.97 Å². The van der Waals surface area contributed by atoms with E-state index >= 15 is 0 Å². The normalized spacial score (nSPS) is 23.3. The molecule has 3 N–H and O–H groups in total. The molecule has 9 heteroatoms. The van der Waals surface area contributed by atoms with Crippen LogP contribution in [0.3, 0.4) is 0 Å². The van der Waals surface area contributed by atoms with Gasteiger partial charge in [-0.05, 0) is 17.7 Å². The molecule has 2 aliphatic rings. The van der Waals surface area contributed by atoms with E-state index in [1.54, 1.807) is 29.1 Å². The van der Waals surface area contributed by atoms with Gasteiger partial charge in [0.05, 0.1) is 6.61 Å². The monoisotopic (exact) mass is 337 g/mol. The second kappa shape index (κ2) is 6.09. The summed E-state index contributed by atoms with van der Waals surface area (Å²) in [6, 6.07) is 2.85. The lowest BCUT2D eigenvalue weighted by atomic mass is 10.0. The molecule has 8 nitrogen and oxygen atoms in total. The highest BCUT2D eigenvalue weighted by molar-refractivity contribution is 8.00. The van der Waals surface area contributed by atoms with Crippen molar-refractivity contribution in [2.24, 2.45) is 0 Å². The number of β-lactam (4-membered cyclic amide) rings is 1. The third kappa shape index (κ3) is 2.73. The number of hydrogen-bond donors (Lipinski definition) is 3. The predicted molar refractivity (Wildman–Crippen MR) is 81.2 cm³/mol. The first-order valence-corrected chi connectivity index (χ1v) is 7.98. The van der Waals surface area contributed by atoms with Gasteiger partial charge in [-0.2, -0.15) is 0 Å². The lowest BCUT2D eigenvalue weighted by molar-refractivity contribution is -0.150. The maximum absolute atomic E-state index is 12.2. The molecule has 0 aliphatic carbocycles. The van der Waals surface area contributed by atoms with Crippen molar-refractivity contribution < 1.29 is 24.6 Å². The Labute approximate surface area is 135 Å². The number of carbonyl (C=O) groups is 3. The fourth-order valence-corrected chi connectivity index (χ4v) is 4.00. The molecule has 0 saturated carbocycles. The highest BCUT2D eigenvalue weighted by Crippen LogP contribution is 2.40. The van der Waals surface area contributed by atoms with E-state index in [1.807, 2.05) is 0 Å². The van der Waals surface area contributed by atoms with Crippen LogP contribution in [0.2, 0.25) is 0 Å². The number of carbonyl (C=O) groups excluding carboxylic acids is 2. The lowest BCUT2D eigenvalue weighted by Crippen LogP contribution is -2.70. The van der Waals surface area contributed by atoms with Gasteiger partial charge in [-0.15, -0.1) is 11.8 Å². The minimum Gasteiger partial charge on any atom is -0.477 e. The van der Waals surface area contributed by atoms with Crippen LogP contribution in [0.4, 0.5) is 0 Å². The molecule has 3 heterocycles. The largest absolute Gasteiger partial charge is 0.477 e. The van der Waals surface area contributed by atoms with E-state index in [2.05, 4.69) is 5.32 Å². The van der Waals surface area contributed by atoms with Gasteiger partial charge in [0.1, 0.15) is 23.7 Å². The molecule has 2 atom stereocenters. The number of aliphatic carboxylic acids is 1. The van der Waals surface area contributed by atoms with E-state index in [9.17, 15) is 24.6 Å². The maximum Gasteiger partial charge on any atom is 0.352 e. The standard InChI is InChI=1S/C14H15N3O5S/c18-6-8-7-23-13-10(12(20)17(13)11(8)14(21)22)15-9(19)5-16-3-1-2-4-16/h1-4,10,13,18H,5-7H2,(H,15,19)(H,21,22)/t10-,13-/m1/s1. The van der Waals surface area contributed by atoms with Crippen LogP contribution in [0.5, 0.6) is 0 Å². The second-order valence-electron chi connectivity index (χ2n) is 5.23. The summed E-state index contributed by atoms with van der Waals surface area (Å²) >= 11 is 1.33. The van der Waals surface area contributed by atoms with Crippen LogP contribution < -0.4 is 5.32 Å². The SMILES string of the molecule is O=C(Cn1cccc1)N[C@@H]1C(=O)N2C(C(=O)O)=C(CO)CS[C@H]12. The Balaban J connectivity index is 1.69. The minimum absolute atomic E-state index is 0.0949. The summed E-state index contributed by atoms with van der Waals surface area (Å²) in [5.41, 5.74) is 0.140. The number of carboxylic acid groups (broad SMARTS) is 1. The highest BCUT2D eigenvalue weighted by Gasteiger charge is 2.54. The van der Waals surface area contributed by atoms with Gasteiger partial charge in [-0.3, -0.25) is 14.5 Å². The molecule has 1 aromatic heterocycles. The molecule has 0 spiro atoms. The number of nitrogens with zero attached hydrogens (tertiary/aromatic N) is 2. The topological polar surface area (TPSA) is 112 Å². The molecule has 1 fully saturated rings. The summed E-state index contributed by atoms with van der Waals surface area (Å²) < 4.78 is 1.68. The van der Waals surface area contributed by atoms with E-state index in [0.29, 0.717) is 11.3 Å². The fraction of sp³-hybridized carbons (Fsp3) is 0.357. The molecule has 0 unspecified atom stereocenters. The second-order valence-corrected chi connectivity index (χ2v) is 6.33. The molecule has 2 aliphatic heterocycles. The van der Waals surface area contributed by atoms with Crippen LogP contribution in [0.15, 0.2) is 35.8 Å². The Morgan fingerprint density at radius 3 is 2.65 bits per heavy atom. The number of rotatable bonds is 5. The number of aromatic nitrogens is 1. The molecule has 0 aromatic carbocycles. The number of amides is 2. The molecule has 1 saturated heterocycles. The van der Waals surface area contributed by atoms with Crippen molar-refractivity contribution in [2.75, 3.05) is 12.4 Å². The van der Waals surface area contributed by atoms with Crippen molar-refractivity contribution in [1.29, 1.82) is 0 Å². The Hall–Kier alpha value is -2.26. The smallest absolute Gasteiger partial charge is 0.352 e. The van der Waals surface area contributed by atoms with E-state index in [1.165, 1.54) is 11.8 Å². The van der Waals surface area contributed by atoms with Gasteiger partial charge in [-0.1, -0.05) is 0 Å². The summed E-state index contributed by atoms with van der Waals surface area (Å²) in [5.74, 6) is -1.71. The number of hydrogen-bond acceptors (Lipinski definition) is 5. The number of carboxylic acids is 1. The molecule has 122 valence electrons. The summed E-state index contributed by atoms with van der Waals surface area (Å²) in [7, 11) is 0. The van der Waals surface area contributed by atoms with E-state index in [-0.39, 0.29) is 18.1 Å². The van der Waals surface area contributed by atoms with Gasteiger partial charge in [-0.25, -0.2) is 4.79 Å². The minimum atomic E-state index is -1.25. The van der Waals surface area contributed by atoms with E-state index in [4.69, 9.17) is 0 Å². The zero-order valence-corrected chi connectivity index (χ0v) is 12.8. The zero-order chi connectivity index (χ0) is 16.6. The predicted octanol–water partition coefficient (Wildman–Crippen LogP) is -0.781. The van der Waals surface area contributed by atoms with Crippen LogP contribution in [0.25, 0.3) is 0 Å². The summed E-state index contributed by atoms with van der Waals surface area (Å²) in [5, 5.41) is 20.7. The van der Waals surface area contributed by atoms with Crippen LogP contribution >= 0.6 is 11.8 Å². The molecular formula is C14H15N3O5S. The Morgan fingerprint density at radius 1 is 1.35 bits per heavy atom. The number of aliphatic hydroxyl groups excluding tert-OH is 1. The average molecular weight is 337 g/mol. The summed E-state index contributed by atoms with van der Waals surface area (Å²) in [4.78, 5) is 36.7. The van der Waals surface area contributed by atoms with Crippen LogP contribution in [0.1, 0.15) is 0 Å². The van der Waals surface area contributed by atoms with Crippen molar-refractivity contribution in [3.05, 3.63) is 35.8 Å². The Bertz CT molecular complexity index is 685. The molecule has 1 aromatic rings. The van der Waals surface area contributed by atoms with Gasteiger partial charge < -0.3 is 20.1 Å². The molecule has 3 rings (SSSR count). The quantitative estimate of drug-likeness (QED) is 0.608. The first-order chi connectivity index (χ1) is 11.0. The molecule has 2 amide bonds. The van der Waals surface area contributed by atoms with Gasteiger partial charge in [0.25, 0.3) is 5.91 Å². The van der Waals surface area contributed by atoms with Crippen molar-refractivity contribution in [2.45, 2.75) is 18.0 Å². The van der Waals surface area contributed by atoms with Crippen molar-refractivity contribution in [1.82, 2.24) is 14.8 Å². The highest BCUT2D eigenvalue weighted by atomic mass is 32.2. The van der Waals surface area contributed by atoms with Gasteiger partial charge in [0, 0.05) is 18.1 Å². The molecule has 0 radical (unpaired) electrons. The number of thioether (sulfide) groups is 1. The number of nitrogens with one attached hydrogen (secondary N) is 1. The van der Waals surface area contributed by atoms with Crippen molar-refractivity contribution >= 4 is 29.5 Å². The van der Waals surface area contributed by atoms with Crippen molar-refractivity contribution in [3.8, 4) is 0 Å². The van der Waals surface area contributed by atoms with Crippen molar-refractivity contribution in [3.63, 3.8) is 0 Å². The maximum atomic E-state index is 12.2. The lowest BCUT2D eigenvalue weighted by Gasteiger charge is -2.49. The van der Waals surface area contributed by atoms with Crippen LogP contribution in [0, 0.1) is 0 Å².